The van der Waals surface area contributed by atoms with Gasteiger partial charge in [0.25, 0.3) is 5.56 Å². The van der Waals surface area contributed by atoms with Crippen LogP contribution in [0.25, 0.3) is 10.9 Å². The van der Waals surface area contributed by atoms with Gasteiger partial charge in [-0.05, 0) is 66.6 Å². The highest BCUT2D eigenvalue weighted by molar-refractivity contribution is 5.79. The van der Waals surface area contributed by atoms with Crippen molar-refractivity contribution >= 4 is 10.9 Å². The van der Waals surface area contributed by atoms with E-state index in [1.807, 2.05) is 25.1 Å². The summed E-state index contributed by atoms with van der Waals surface area (Å²) in [5.74, 6) is 0.643. The number of hydrogen-bond acceptors (Lipinski definition) is 7. The second-order valence-electron chi connectivity index (χ2n) is 8.67. The number of nitrogens with zero attached hydrogens (tertiary/aromatic N) is 5. The molecule has 164 valence electrons. The molecule has 31 heavy (non-hydrogen) atoms. The van der Waals surface area contributed by atoms with Crippen LogP contribution in [0.15, 0.2) is 29.1 Å². The Morgan fingerprint density at radius 2 is 2.10 bits per heavy atom. The van der Waals surface area contributed by atoms with Gasteiger partial charge in [0.2, 0.25) is 0 Å². The van der Waals surface area contributed by atoms with Crippen LogP contribution in [0.4, 0.5) is 0 Å². The van der Waals surface area contributed by atoms with E-state index in [4.69, 9.17) is 4.74 Å². The molecular formula is C22H28N6O3. The van der Waals surface area contributed by atoms with E-state index in [2.05, 4.69) is 31.5 Å². The smallest absolute Gasteiger partial charge is 0.253 e. The second kappa shape index (κ2) is 8.49. The SMILES string of the molecule is Cc1ccc2[nH]c(=O)c([C@H](c3nnnn3C[C@@H]3CCCO3)N3CCC(O)CC3)cc2c1. The lowest BCUT2D eigenvalue weighted by Crippen LogP contribution is -2.42. The van der Waals surface area contributed by atoms with Crippen molar-refractivity contribution in [1.29, 1.82) is 0 Å². The third kappa shape index (κ3) is 4.13. The van der Waals surface area contributed by atoms with Crippen LogP contribution < -0.4 is 5.56 Å². The largest absolute Gasteiger partial charge is 0.393 e. The number of aliphatic hydroxyl groups excluding tert-OH is 1. The number of aromatic amines is 1. The number of tetrazole rings is 1. The number of ether oxygens (including phenoxy) is 1. The molecule has 0 aliphatic carbocycles. The first-order chi connectivity index (χ1) is 15.1. The maximum atomic E-state index is 13.2. The number of fused-ring (bicyclic) bond motifs is 1. The van der Waals surface area contributed by atoms with E-state index in [-0.39, 0.29) is 17.8 Å². The van der Waals surface area contributed by atoms with E-state index in [1.54, 1.807) is 4.68 Å². The summed E-state index contributed by atoms with van der Waals surface area (Å²) in [5, 5.41) is 23.5. The lowest BCUT2D eigenvalue weighted by atomic mass is 9.99. The molecule has 2 aliphatic heterocycles. The van der Waals surface area contributed by atoms with E-state index >= 15 is 0 Å². The molecule has 4 heterocycles. The number of hydrogen-bond donors (Lipinski definition) is 2. The van der Waals surface area contributed by atoms with Crippen LogP contribution in [0.5, 0.6) is 0 Å². The molecule has 2 atom stereocenters. The Labute approximate surface area is 180 Å². The standard InChI is InChI=1S/C22H28N6O3/c1-14-4-5-19-15(11-14)12-18(22(30)23-19)20(27-8-6-16(29)7-9-27)21-24-25-26-28(21)13-17-3-2-10-31-17/h4-5,11-12,16-17,20,29H,2-3,6-10,13H2,1H3,(H,23,30)/t17-,20+/m0/s1. The molecule has 2 N–H and O–H groups in total. The maximum absolute atomic E-state index is 13.2. The Kier molecular flexibility index (Phi) is 5.56. The summed E-state index contributed by atoms with van der Waals surface area (Å²) in [5.41, 5.74) is 2.43. The molecule has 5 rings (SSSR count). The molecule has 2 aromatic heterocycles. The van der Waals surface area contributed by atoms with E-state index in [0.717, 1.165) is 35.9 Å². The van der Waals surface area contributed by atoms with Gasteiger partial charge in [-0.1, -0.05) is 11.6 Å². The van der Waals surface area contributed by atoms with Crippen LogP contribution in [-0.2, 0) is 11.3 Å². The highest BCUT2D eigenvalue weighted by Crippen LogP contribution is 2.30. The predicted molar refractivity (Wildman–Crippen MR) is 115 cm³/mol. The van der Waals surface area contributed by atoms with E-state index in [0.29, 0.717) is 43.9 Å². The summed E-state index contributed by atoms with van der Waals surface area (Å²) in [6.45, 7) is 4.71. The number of likely N-dealkylation sites (tertiary alicyclic amines) is 1. The summed E-state index contributed by atoms with van der Waals surface area (Å²) >= 11 is 0. The highest BCUT2D eigenvalue weighted by Gasteiger charge is 2.33. The molecule has 9 heteroatoms. The molecule has 0 bridgehead atoms. The first kappa shape index (κ1) is 20.3. The van der Waals surface area contributed by atoms with Crippen molar-refractivity contribution in [2.45, 2.75) is 57.4 Å². The monoisotopic (exact) mass is 424 g/mol. The summed E-state index contributed by atoms with van der Waals surface area (Å²) in [6.07, 6.45) is 3.12. The maximum Gasteiger partial charge on any atom is 0.253 e. The Bertz CT molecular complexity index is 1110. The Hall–Kier alpha value is -2.62. The zero-order valence-electron chi connectivity index (χ0n) is 17.7. The van der Waals surface area contributed by atoms with Crippen molar-refractivity contribution in [3.8, 4) is 0 Å². The van der Waals surface area contributed by atoms with Crippen LogP contribution >= 0.6 is 0 Å². The molecule has 0 unspecified atom stereocenters. The summed E-state index contributed by atoms with van der Waals surface area (Å²) in [4.78, 5) is 18.4. The van der Waals surface area contributed by atoms with Crippen LogP contribution in [0.2, 0.25) is 0 Å². The molecule has 3 aromatic rings. The van der Waals surface area contributed by atoms with Crippen LogP contribution in [0.1, 0.15) is 48.7 Å². The third-order valence-corrected chi connectivity index (χ3v) is 6.39. The van der Waals surface area contributed by atoms with Crippen molar-refractivity contribution < 1.29 is 9.84 Å². The number of piperidine rings is 1. The van der Waals surface area contributed by atoms with Crippen molar-refractivity contribution in [2.24, 2.45) is 0 Å². The van der Waals surface area contributed by atoms with Crippen molar-refractivity contribution in [3.05, 3.63) is 51.6 Å². The zero-order valence-corrected chi connectivity index (χ0v) is 17.7. The first-order valence-corrected chi connectivity index (χ1v) is 11.0. The topological polar surface area (TPSA) is 109 Å². The molecule has 0 radical (unpaired) electrons. The fraction of sp³-hybridized carbons (Fsp3) is 0.545. The predicted octanol–water partition coefficient (Wildman–Crippen LogP) is 1.55. The minimum Gasteiger partial charge on any atom is -0.393 e. The van der Waals surface area contributed by atoms with Gasteiger partial charge in [-0.3, -0.25) is 9.69 Å². The number of pyridine rings is 1. The van der Waals surface area contributed by atoms with Gasteiger partial charge in [0.05, 0.1) is 18.8 Å². The third-order valence-electron chi connectivity index (χ3n) is 6.39. The highest BCUT2D eigenvalue weighted by atomic mass is 16.5. The van der Waals surface area contributed by atoms with E-state index in [1.165, 1.54) is 0 Å². The average molecular weight is 425 g/mol. The Morgan fingerprint density at radius 1 is 1.26 bits per heavy atom. The molecule has 0 spiro atoms. The lowest BCUT2D eigenvalue weighted by molar-refractivity contribution is 0.0632. The minimum atomic E-state index is -0.391. The van der Waals surface area contributed by atoms with Crippen LogP contribution in [0, 0.1) is 6.92 Å². The lowest BCUT2D eigenvalue weighted by Gasteiger charge is -2.35. The number of nitrogens with one attached hydrogen (secondary N) is 1. The Morgan fingerprint density at radius 3 is 2.87 bits per heavy atom. The fourth-order valence-corrected chi connectivity index (χ4v) is 4.71. The summed E-state index contributed by atoms with van der Waals surface area (Å²) in [6, 6.07) is 7.56. The molecule has 9 nitrogen and oxygen atoms in total. The molecule has 0 saturated carbocycles. The van der Waals surface area contributed by atoms with Gasteiger partial charge in [-0.15, -0.1) is 5.10 Å². The zero-order chi connectivity index (χ0) is 21.4. The van der Waals surface area contributed by atoms with Gasteiger partial charge >= 0.3 is 0 Å². The normalized spacial score (nSPS) is 21.7. The number of aromatic nitrogens is 5. The molecule has 1 aromatic carbocycles. The quantitative estimate of drug-likeness (QED) is 0.639. The summed E-state index contributed by atoms with van der Waals surface area (Å²) < 4.78 is 7.57. The number of aliphatic hydroxyl groups is 1. The molecular weight excluding hydrogens is 396 g/mol. The summed E-state index contributed by atoms with van der Waals surface area (Å²) in [7, 11) is 0. The number of aryl methyl sites for hydroxylation is 1. The van der Waals surface area contributed by atoms with Gasteiger partial charge < -0.3 is 14.8 Å². The van der Waals surface area contributed by atoms with Gasteiger partial charge in [-0.25, -0.2) is 4.68 Å². The molecule has 2 saturated heterocycles. The van der Waals surface area contributed by atoms with Crippen molar-refractivity contribution in [1.82, 2.24) is 30.1 Å². The van der Waals surface area contributed by atoms with Gasteiger partial charge in [0.15, 0.2) is 5.82 Å². The van der Waals surface area contributed by atoms with Crippen molar-refractivity contribution in [3.63, 3.8) is 0 Å². The second-order valence-corrected chi connectivity index (χ2v) is 8.67. The number of H-pyrrole nitrogens is 1. The number of benzene rings is 1. The molecule has 0 amide bonds. The van der Waals surface area contributed by atoms with Gasteiger partial charge in [0.1, 0.15) is 6.04 Å². The fourth-order valence-electron chi connectivity index (χ4n) is 4.71. The minimum absolute atomic E-state index is 0.0867. The van der Waals surface area contributed by atoms with Gasteiger partial charge in [-0.2, -0.15) is 0 Å². The first-order valence-electron chi connectivity index (χ1n) is 11.0. The molecule has 2 aliphatic rings. The average Bonchev–Trinajstić information content (AvgIpc) is 3.43. The van der Waals surface area contributed by atoms with E-state index in [9.17, 15) is 9.90 Å². The van der Waals surface area contributed by atoms with Crippen LogP contribution in [-0.4, -0.2) is 67.1 Å². The van der Waals surface area contributed by atoms with Gasteiger partial charge in [0, 0.05) is 30.8 Å². The van der Waals surface area contributed by atoms with Crippen molar-refractivity contribution in [2.75, 3.05) is 19.7 Å². The van der Waals surface area contributed by atoms with Crippen LogP contribution in [0.3, 0.4) is 0 Å². The Balaban J connectivity index is 1.59. The number of rotatable bonds is 5. The van der Waals surface area contributed by atoms with E-state index < -0.39 is 6.04 Å². The molecule has 2 fully saturated rings.